The lowest BCUT2D eigenvalue weighted by molar-refractivity contribution is 0.0991. The van der Waals surface area contributed by atoms with Gasteiger partial charge in [0.2, 0.25) is 0 Å². The summed E-state index contributed by atoms with van der Waals surface area (Å²) in [5.74, 6) is -0.924. The van der Waals surface area contributed by atoms with Crippen molar-refractivity contribution in [3.63, 3.8) is 0 Å². The lowest BCUT2D eigenvalue weighted by Crippen LogP contribution is -2.15. The fraction of sp³-hybridized carbons (Fsp3) is 0.278. The predicted molar refractivity (Wildman–Crippen MR) is 77.4 cm³/mol. The van der Waals surface area contributed by atoms with Crippen LogP contribution in [-0.4, -0.2) is 5.78 Å². The van der Waals surface area contributed by atoms with E-state index in [9.17, 15) is 13.6 Å². The van der Waals surface area contributed by atoms with Crippen LogP contribution >= 0.6 is 0 Å². The van der Waals surface area contributed by atoms with Crippen molar-refractivity contribution in [1.82, 2.24) is 0 Å². The quantitative estimate of drug-likeness (QED) is 0.747. The molecule has 0 N–H and O–H groups in total. The molecule has 1 nitrogen and oxygen atoms in total. The maximum Gasteiger partial charge on any atom is 0.167 e. The zero-order valence-electron chi connectivity index (χ0n) is 11.6. The summed E-state index contributed by atoms with van der Waals surface area (Å²) in [4.78, 5) is 12.5. The van der Waals surface area contributed by atoms with Gasteiger partial charge >= 0.3 is 0 Å². The van der Waals surface area contributed by atoms with Crippen LogP contribution in [0.25, 0.3) is 0 Å². The summed E-state index contributed by atoms with van der Waals surface area (Å²) in [5.41, 5.74) is 2.14. The molecule has 1 fully saturated rings. The maximum atomic E-state index is 13.2. The van der Waals surface area contributed by atoms with Gasteiger partial charge in [0.25, 0.3) is 0 Å². The summed E-state index contributed by atoms with van der Waals surface area (Å²) in [6.45, 7) is 0. The highest BCUT2D eigenvalue weighted by Crippen LogP contribution is 2.38. The second-order valence-electron chi connectivity index (χ2n) is 5.59. The van der Waals surface area contributed by atoms with E-state index < -0.39 is 11.6 Å². The molecule has 0 atom stereocenters. The van der Waals surface area contributed by atoms with Crippen LogP contribution in [0.4, 0.5) is 8.78 Å². The summed E-state index contributed by atoms with van der Waals surface area (Å²) in [5, 5.41) is 0. The molecule has 1 saturated carbocycles. The molecular formula is C18H16F2O. The van der Waals surface area contributed by atoms with Crippen molar-refractivity contribution in [2.24, 2.45) is 0 Å². The van der Waals surface area contributed by atoms with E-state index in [0.717, 1.165) is 24.5 Å². The van der Waals surface area contributed by atoms with Gasteiger partial charge in [0, 0.05) is 18.1 Å². The largest absolute Gasteiger partial charge is 0.294 e. The number of halogens is 2. The van der Waals surface area contributed by atoms with Crippen LogP contribution in [0.5, 0.6) is 0 Å². The van der Waals surface area contributed by atoms with E-state index in [1.807, 2.05) is 24.3 Å². The summed E-state index contributed by atoms with van der Waals surface area (Å²) in [6.07, 6.45) is 3.44. The van der Waals surface area contributed by atoms with Gasteiger partial charge < -0.3 is 0 Å². The van der Waals surface area contributed by atoms with E-state index in [1.54, 1.807) is 0 Å². The molecule has 0 aromatic heterocycles. The van der Waals surface area contributed by atoms with E-state index in [2.05, 4.69) is 0 Å². The molecule has 0 saturated heterocycles. The standard InChI is InChI=1S/C18H16F2O/c19-14-8-12(9-15(20)11-14)10-18(21)17-7-2-1-6-16(17)13-4-3-5-13/h1-2,6-9,11,13H,3-5,10H2. The van der Waals surface area contributed by atoms with Gasteiger partial charge in [-0.15, -0.1) is 0 Å². The number of rotatable bonds is 4. The van der Waals surface area contributed by atoms with Crippen molar-refractivity contribution in [3.8, 4) is 0 Å². The molecule has 3 rings (SSSR count). The third kappa shape index (κ3) is 3.02. The number of carbonyl (C=O) groups is 1. The second-order valence-corrected chi connectivity index (χ2v) is 5.59. The second kappa shape index (κ2) is 5.76. The Morgan fingerprint density at radius 3 is 2.33 bits per heavy atom. The van der Waals surface area contributed by atoms with Crippen LogP contribution in [0.2, 0.25) is 0 Å². The third-order valence-corrected chi connectivity index (χ3v) is 4.09. The predicted octanol–water partition coefficient (Wildman–Crippen LogP) is 4.66. The molecule has 108 valence electrons. The summed E-state index contributed by atoms with van der Waals surface area (Å²) in [7, 11) is 0. The lowest BCUT2D eigenvalue weighted by atomic mass is 9.77. The van der Waals surface area contributed by atoms with Gasteiger partial charge in [-0.2, -0.15) is 0 Å². The smallest absolute Gasteiger partial charge is 0.167 e. The van der Waals surface area contributed by atoms with E-state index in [4.69, 9.17) is 0 Å². The molecule has 0 heterocycles. The lowest BCUT2D eigenvalue weighted by Gasteiger charge is -2.27. The van der Waals surface area contributed by atoms with Gasteiger partial charge in [-0.25, -0.2) is 8.78 Å². The molecule has 2 aromatic carbocycles. The fourth-order valence-electron chi connectivity index (χ4n) is 2.82. The molecule has 0 amide bonds. The van der Waals surface area contributed by atoms with Crippen molar-refractivity contribution < 1.29 is 13.6 Å². The minimum absolute atomic E-state index is 0.0262. The SMILES string of the molecule is O=C(Cc1cc(F)cc(F)c1)c1ccccc1C1CCC1. The zero-order valence-corrected chi connectivity index (χ0v) is 11.6. The van der Waals surface area contributed by atoms with Crippen LogP contribution in [-0.2, 0) is 6.42 Å². The normalized spacial score (nSPS) is 14.8. The topological polar surface area (TPSA) is 17.1 Å². The molecule has 0 spiro atoms. The highest BCUT2D eigenvalue weighted by atomic mass is 19.1. The first kappa shape index (κ1) is 13.9. The number of hydrogen-bond acceptors (Lipinski definition) is 1. The minimum Gasteiger partial charge on any atom is -0.294 e. The highest BCUT2D eigenvalue weighted by Gasteiger charge is 2.24. The third-order valence-electron chi connectivity index (χ3n) is 4.09. The Kier molecular flexibility index (Phi) is 3.82. The number of hydrogen-bond donors (Lipinski definition) is 0. The van der Waals surface area contributed by atoms with Gasteiger partial charge in [0.05, 0.1) is 0 Å². The molecule has 0 bridgehead atoms. The number of Topliss-reactive ketones (excluding diaryl/α,β-unsaturated/α-hetero) is 1. The van der Waals surface area contributed by atoms with Crippen LogP contribution in [0.15, 0.2) is 42.5 Å². The van der Waals surface area contributed by atoms with Gasteiger partial charge in [-0.3, -0.25) is 4.79 Å². The molecule has 21 heavy (non-hydrogen) atoms. The average Bonchev–Trinajstić information content (AvgIpc) is 2.36. The summed E-state index contributed by atoms with van der Waals surface area (Å²) < 4.78 is 26.4. The van der Waals surface area contributed by atoms with Crippen LogP contribution in [0, 0.1) is 11.6 Å². The Morgan fingerprint density at radius 1 is 1.05 bits per heavy atom. The van der Waals surface area contributed by atoms with E-state index in [0.29, 0.717) is 17.0 Å². The van der Waals surface area contributed by atoms with Crippen LogP contribution in [0.1, 0.15) is 46.7 Å². The van der Waals surface area contributed by atoms with Gasteiger partial charge in [0.1, 0.15) is 11.6 Å². The molecule has 2 aromatic rings. The van der Waals surface area contributed by atoms with Gasteiger partial charge in [-0.05, 0) is 42.0 Å². The average molecular weight is 286 g/mol. The fourth-order valence-corrected chi connectivity index (χ4v) is 2.82. The van der Waals surface area contributed by atoms with Crippen molar-refractivity contribution in [2.75, 3.05) is 0 Å². The maximum absolute atomic E-state index is 13.2. The number of carbonyl (C=O) groups excluding carboxylic acids is 1. The first-order chi connectivity index (χ1) is 10.1. The van der Waals surface area contributed by atoms with Gasteiger partial charge in [0.15, 0.2) is 5.78 Å². The Balaban J connectivity index is 1.85. The molecule has 0 radical (unpaired) electrons. The molecule has 3 heteroatoms. The Morgan fingerprint density at radius 2 is 1.71 bits per heavy atom. The molecule has 1 aliphatic carbocycles. The van der Waals surface area contributed by atoms with E-state index >= 15 is 0 Å². The van der Waals surface area contributed by atoms with Crippen molar-refractivity contribution in [2.45, 2.75) is 31.6 Å². The first-order valence-electron chi connectivity index (χ1n) is 7.20. The van der Waals surface area contributed by atoms with Crippen molar-refractivity contribution in [3.05, 3.63) is 70.8 Å². The Hall–Kier alpha value is -2.03. The van der Waals surface area contributed by atoms with Gasteiger partial charge in [-0.1, -0.05) is 30.7 Å². The number of benzene rings is 2. The monoisotopic (exact) mass is 286 g/mol. The highest BCUT2D eigenvalue weighted by molar-refractivity contribution is 5.99. The molecule has 0 unspecified atom stereocenters. The summed E-state index contributed by atoms with van der Waals surface area (Å²) >= 11 is 0. The summed E-state index contributed by atoms with van der Waals surface area (Å²) in [6, 6.07) is 10.8. The Bertz CT molecular complexity index is 654. The van der Waals surface area contributed by atoms with E-state index in [1.165, 1.54) is 18.6 Å². The van der Waals surface area contributed by atoms with Crippen molar-refractivity contribution >= 4 is 5.78 Å². The number of ketones is 1. The zero-order chi connectivity index (χ0) is 14.8. The Labute approximate surface area is 122 Å². The van der Waals surface area contributed by atoms with E-state index in [-0.39, 0.29) is 12.2 Å². The molecular weight excluding hydrogens is 270 g/mol. The van der Waals surface area contributed by atoms with Crippen molar-refractivity contribution in [1.29, 1.82) is 0 Å². The molecule has 1 aliphatic rings. The molecule has 0 aliphatic heterocycles. The first-order valence-corrected chi connectivity index (χ1v) is 7.20. The van der Waals surface area contributed by atoms with Crippen LogP contribution in [0.3, 0.4) is 0 Å². The minimum atomic E-state index is -0.648. The van der Waals surface area contributed by atoms with Crippen LogP contribution < -0.4 is 0 Å².